The number of alkyl carbamates (subject to hydrolysis) is 1. The molecule has 2 amide bonds. The van der Waals surface area contributed by atoms with Crippen LogP contribution in [0, 0.1) is 11.8 Å². The highest BCUT2D eigenvalue weighted by atomic mass is 16.5. The van der Waals surface area contributed by atoms with Gasteiger partial charge < -0.3 is 20.5 Å². The van der Waals surface area contributed by atoms with Crippen LogP contribution in [0.4, 0.5) is 4.79 Å². The number of amides is 2. The smallest absolute Gasteiger partial charge is 0.407 e. The van der Waals surface area contributed by atoms with Gasteiger partial charge in [-0.1, -0.05) is 61.9 Å². The van der Waals surface area contributed by atoms with Crippen LogP contribution in [0.25, 0.3) is 11.1 Å². The van der Waals surface area contributed by atoms with Crippen LogP contribution in [-0.4, -0.2) is 42.3 Å². The summed E-state index contributed by atoms with van der Waals surface area (Å²) in [4.78, 5) is 36.1. The number of fused-ring (bicyclic) bond motifs is 3. The zero-order valence-electron chi connectivity index (χ0n) is 20.2. The number of ether oxygens (including phenoxy) is 1. The van der Waals surface area contributed by atoms with E-state index in [2.05, 4.69) is 34.9 Å². The number of hydrogen-bond donors (Lipinski definition) is 3. The van der Waals surface area contributed by atoms with Crippen molar-refractivity contribution in [1.82, 2.24) is 10.6 Å². The summed E-state index contributed by atoms with van der Waals surface area (Å²) in [6.07, 6.45) is 3.34. The number of benzene rings is 2. The van der Waals surface area contributed by atoms with E-state index >= 15 is 0 Å². The normalized spacial score (nSPS) is 19.5. The first-order valence-corrected chi connectivity index (χ1v) is 12.5. The average Bonchev–Trinajstić information content (AvgIpc) is 3.44. The zero-order valence-corrected chi connectivity index (χ0v) is 20.2. The van der Waals surface area contributed by atoms with Crippen LogP contribution in [0.1, 0.15) is 62.5 Å². The SMILES string of the molecule is CC(CCNC(=O)[C@H]1CCC[C@H]1NC(=O)OCC1c2ccccc2-c2ccccc21)CCC(=O)O. The summed E-state index contributed by atoms with van der Waals surface area (Å²) in [5.74, 6) is -0.903. The molecule has 2 aliphatic rings. The minimum atomic E-state index is -0.797. The highest BCUT2D eigenvalue weighted by Crippen LogP contribution is 2.44. The minimum absolute atomic E-state index is 0.000981. The van der Waals surface area contributed by atoms with E-state index in [0.29, 0.717) is 13.0 Å². The number of carboxylic acids is 1. The second-order valence-corrected chi connectivity index (χ2v) is 9.73. The van der Waals surface area contributed by atoms with Crippen molar-refractivity contribution in [3.8, 4) is 11.1 Å². The van der Waals surface area contributed by atoms with Gasteiger partial charge in [0.25, 0.3) is 0 Å². The van der Waals surface area contributed by atoms with Crippen LogP contribution in [0.15, 0.2) is 48.5 Å². The molecule has 0 radical (unpaired) electrons. The Hall–Kier alpha value is -3.35. The fourth-order valence-corrected chi connectivity index (χ4v) is 5.33. The Morgan fingerprint density at radius 1 is 1.00 bits per heavy atom. The van der Waals surface area contributed by atoms with Crippen LogP contribution < -0.4 is 10.6 Å². The summed E-state index contributed by atoms with van der Waals surface area (Å²) >= 11 is 0. The van der Waals surface area contributed by atoms with Crippen LogP contribution >= 0.6 is 0 Å². The minimum Gasteiger partial charge on any atom is -0.481 e. The molecule has 7 heteroatoms. The lowest BCUT2D eigenvalue weighted by molar-refractivity contribution is -0.137. The fourth-order valence-electron chi connectivity index (χ4n) is 5.33. The first kappa shape index (κ1) is 24.8. The van der Waals surface area contributed by atoms with E-state index in [0.717, 1.165) is 36.8 Å². The lowest BCUT2D eigenvalue weighted by Gasteiger charge is -2.21. The predicted octanol–water partition coefficient (Wildman–Crippen LogP) is 4.70. The van der Waals surface area contributed by atoms with Gasteiger partial charge in [0.1, 0.15) is 6.61 Å². The van der Waals surface area contributed by atoms with E-state index in [1.807, 2.05) is 31.2 Å². The molecular weight excluding hydrogens is 444 g/mol. The van der Waals surface area contributed by atoms with Gasteiger partial charge in [-0.3, -0.25) is 9.59 Å². The van der Waals surface area contributed by atoms with Crippen molar-refractivity contribution in [2.75, 3.05) is 13.2 Å². The Morgan fingerprint density at radius 3 is 2.31 bits per heavy atom. The van der Waals surface area contributed by atoms with Gasteiger partial charge in [-0.15, -0.1) is 0 Å². The molecule has 186 valence electrons. The standard InChI is InChI=1S/C28H34N2O5/c1-18(13-14-26(31)32)15-16-29-27(33)23-11-6-12-25(23)30-28(34)35-17-24-21-9-4-2-7-19(21)20-8-3-5-10-22(20)24/h2-5,7-10,18,23-25H,6,11-17H2,1H3,(H,29,33)(H,30,34)(H,31,32)/t18?,23-,25+/m0/s1. The number of carbonyl (C=O) groups excluding carboxylic acids is 2. The van der Waals surface area contributed by atoms with Crippen LogP contribution in [0.3, 0.4) is 0 Å². The first-order valence-electron chi connectivity index (χ1n) is 12.5. The highest BCUT2D eigenvalue weighted by Gasteiger charge is 2.35. The molecule has 4 rings (SSSR count). The Balaban J connectivity index is 1.26. The van der Waals surface area contributed by atoms with E-state index in [1.54, 1.807) is 0 Å². The quantitative estimate of drug-likeness (QED) is 0.459. The van der Waals surface area contributed by atoms with E-state index < -0.39 is 12.1 Å². The van der Waals surface area contributed by atoms with Gasteiger partial charge in [0.2, 0.25) is 5.91 Å². The van der Waals surface area contributed by atoms with Crippen molar-refractivity contribution in [2.45, 2.75) is 57.4 Å². The summed E-state index contributed by atoms with van der Waals surface area (Å²) in [5, 5.41) is 14.7. The second kappa shape index (κ2) is 11.4. The molecule has 7 nitrogen and oxygen atoms in total. The van der Waals surface area contributed by atoms with Crippen molar-refractivity contribution in [3.63, 3.8) is 0 Å². The average molecular weight is 479 g/mol. The maximum absolute atomic E-state index is 12.7. The van der Waals surface area contributed by atoms with Gasteiger partial charge in [0.05, 0.1) is 5.92 Å². The van der Waals surface area contributed by atoms with Crippen molar-refractivity contribution in [1.29, 1.82) is 0 Å². The van der Waals surface area contributed by atoms with Gasteiger partial charge in [0.15, 0.2) is 0 Å². The number of aliphatic carboxylic acids is 1. The van der Waals surface area contributed by atoms with Gasteiger partial charge in [0, 0.05) is 24.9 Å². The summed E-state index contributed by atoms with van der Waals surface area (Å²) in [6, 6.07) is 16.2. The Labute approximate surface area is 206 Å². The van der Waals surface area contributed by atoms with E-state index in [1.165, 1.54) is 11.1 Å². The highest BCUT2D eigenvalue weighted by molar-refractivity contribution is 5.81. The molecule has 35 heavy (non-hydrogen) atoms. The molecule has 3 atom stereocenters. The molecule has 0 heterocycles. The molecule has 2 aromatic carbocycles. The summed E-state index contributed by atoms with van der Waals surface area (Å²) < 4.78 is 5.66. The van der Waals surface area contributed by atoms with Crippen LogP contribution in [0.5, 0.6) is 0 Å². The van der Waals surface area contributed by atoms with Crippen molar-refractivity contribution in [2.24, 2.45) is 11.8 Å². The number of carboxylic acid groups (broad SMARTS) is 1. The molecule has 0 aromatic heterocycles. The molecule has 0 spiro atoms. The number of hydrogen-bond acceptors (Lipinski definition) is 4. The predicted molar refractivity (Wildman–Crippen MR) is 133 cm³/mol. The summed E-state index contributed by atoms with van der Waals surface area (Å²) in [5.41, 5.74) is 4.69. The van der Waals surface area contributed by atoms with Crippen LogP contribution in [-0.2, 0) is 14.3 Å². The molecule has 3 N–H and O–H groups in total. The second-order valence-electron chi connectivity index (χ2n) is 9.73. The largest absolute Gasteiger partial charge is 0.481 e. The number of nitrogens with one attached hydrogen (secondary N) is 2. The Kier molecular flexibility index (Phi) is 8.06. The molecule has 2 aliphatic carbocycles. The van der Waals surface area contributed by atoms with Crippen molar-refractivity contribution in [3.05, 3.63) is 59.7 Å². The van der Waals surface area contributed by atoms with Crippen LogP contribution in [0.2, 0.25) is 0 Å². The summed E-state index contributed by atoms with van der Waals surface area (Å²) in [7, 11) is 0. The van der Waals surface area contributed by atoms with Gasteiger partial charge >= 0.3 is 12.1 Å². The molecule has 0 bridgehead atoms. The fraction of sp³-hybridized carbons (Fsp3) is 0.464. The van der Waals surface area contributed by atoms with Crippen molar-refractivity contribution >= 4 is 18.0 Å². The summed E-state index contributed by atoms with van der Waals surface area (Å²) in [6.45, 7) is 2.75. The van der Waals surface area contributed by atoms with Gasteiger partial charge in [-0.05, 0) is 53.9 Å². The third-order valence-corrected chi connectivity index (χ3v) is 7.29. The van der Waals surface area contributed by atoms with Crippen molar-refractivity contribution < 1.29 is 24.2 Å². The van der Waals surface area contributed by atoms with E-state index in [4.69, 9.17) is 9.84 Å². The van der Waals surface area contributed by atoms with Gasteiger partial charge in [-0.2, -0.15) is 0 Å². The zero-order chi connectivity index (χ0) is 24.8. The Bertz CT molecular complexity index is 1020. The molecular formula is C28H34N2O5. The topological polar surface area (TPSA) is 105 Å². The van der Waals surface area contributed by atoms with E-state index in [-0.39, 0.29) is 42.7 Å². The molecule has 1 saturated carbocycles. The van der Waals surface area contributed by atoms with E-state index in [9.17, 15) is 14.4 Å². The monoisotopic (exact) mass is 478 g/mol. The maximum atomic E-state index is 12.7. The molecule has 0 saturated heterocycles. The lowest BCUT2D eigenvalue weighted by atomic mass is 9.98. The third-order valence-electron chi connectivity index (χ3n) is 7.29. The first-order chi connectivity index (χ1) is 16.9. The third kappa shape index (κ3) is 6.02. The maximum Gasteiger partial charge on any atom is 0.407 e. The molecule has 2 aromatic rings. The molecule has 1 fully saturated rings. The molecule has 1 unspecified atom stereocenters. The van der Waals surface area contributed by atoms with Gasteiger partial charge in [-0.25, -0.2) is 4.79 Å². The lowest BCUT2D eigenvalue weighted by Crippen LogP contribution is -2.44. The number of rotatable bonds is 10. The molecule has 0 aliphatic heterocycles. The number of carbonyl (C=O) groups is 3. The Morgan fingerprint density at radius 2 is 1.66 bits per heavy atom.